The molecule has 116 valence electrons. The van der Waals surface area contributed by atoms with E-state index in [1.807, 2.05) is 0 Å². The number of aliphatic hydroxyl groups is 1. The summed E-state index contributed by atoms with van der Waals surface area (Å²) in [4.78, 5) is 0.191. The molecule has 0 bridgehead atoms. The van der Waals surface area contributed by atoms with Crippen LogP contribution in [0, 0.1) is 0 Å². The zero-order valence-corrected chi connectivity index (χ0v) is 13.1. The lowest BCUT2D eigenvalue weighted by atomic mass is 10.1. The highest BCUT2D eigenvalue weighted by atomic mass is 32.2. The van der Waals surface area contributed by atoms with Gasteiger partial charge in [0.2, 0.25) is 0 Å². The van der Waals surface area contributed by atoms with Crippen LogP contribution in [-0.2, 0) is 19.7 Å². The van der Waals surface area contributed by atoms with Crippen molar-refractivity contribution >= 4 is 19.7 Å². The summed E-state index contributed by atoms with van der Waals surface area (Å²) in [6.07, 6.45) is 1.83. The Morgan fingerprint density at radius 3 is 2.43 bits per heavy atom. The van der Waals surface area contributed by atoms with Crippen molar-refractivity contribution in [3.63, 3.8) is 0 Å². The maximum absolute atomic E-state index is 11.3. The molecule has 2 unspecified atom stereocenters. The number of sulfone groups is 2. The Bertz CT molecular complexity index is 735. The van der Waals surface area contributed by atoms with Crippen LogP contribution in [0.4, 0.5) is 0 Å². The summed E-state index contributed by atoms with van der Waals surface area (Å²) in [5.74, 6) is -0.00721. The van der Waals surface area contributed by atoms with E-state index in [4.69, 9.17) is 0 Å². The fraction of sp³-hybridized carbons (Fsp3) is 0.385. The molecule has 0 amide bonds. The van der Waals surface area contributed by atoms with Crippen LogP contribution in [0.25, 0.3) is 0 Å². The van der Waals surface area contributed by atoms with Crippen molar-refractivity contribution < 1.29 is 21.9 Å². The maximum Gasteiger partial charge on any atom is 0.175 e. The molecule has 21 heavy (non-hydrogen) atoms. The zero-order valence-electron chi connectivity index (χ0n) is 11.4. The maximum atomic E-state index is 11.3. The van der Waals surface area contributed by atoms with E-state index in [1.165, 1.54) is 12.1 Å². The number of rotatable bonds is 5. The van der Waals surface area contributed by atoms with Crippen LogP contribution in [0.15, 0.2) is 40.6 Å². The Balaban J connectivity index is 1.95. The Hall–Kier alpha value is -1.22. The number of hydrogen-bond donors (Lipinski definition) is 2. The van der Waals surface area contributed by atoms with Gasteiger partial charge in [-0.2, -0.15) is 0 Å². The largest absolute Gasteiger partial charge is 0.387 e. The van der Waals surface area contributed by atoms with Crippen LogP contribution in [0.1, 0.15) is 11.7 Å². The molecule has 0 aliphatic carbocycles. The predicted octanol–water partition coefficient (Wildman–Crippen LogP) is 0.0238. The van der Waals surface area contributed by atoms with E-state index < -0.39 is 25.8 Å². The number of aliphatic hydroxyl groups excluding tert-OH is 1. The molecule has 1 aliphatic heterocycles. The van der Waals surface area contributed by atoms with Gasteiger partial charge in [-0.3, -0.25) is 0 Å². The van der Waals surface area contributed by atoms with Crippen LogP contribution in [0.2, 0.25) is 0 Å². The van der Waals surface area contributed by atoms with Gasteiger partial charge in [-0.1, -0.05) is 18.2 Å². The van der Waals surface area contributed by atoms with Gasteiger partial charge in [0.25, 0.3) is 0 Å². The minimum absolute atomic E-state index is 0.00721. The quantitative estimate of drug-likeness (QED) is 0.789. The van der Waals surface area contributed by atoms with Crippen molar-refractivity contribution in [3.05, 3.63) is 41.3 Å². The number of benzene rings is 1. The lowest BCUT2D eigenvalue weighted by Crippen LogP contribution is -2.33. The molecule has 1 aromatic carbocycles. The minimum atomic E-state index is -3.26. The summed E-state index contributed by atoms with van der Waals surface area (Å²) in [6, 6.07) is 5.66. The van der Waals surface area contributed by atoms with Crippen LogP contribution >= 0.6 is 0 Å². The van der Waals surface area contributed by atoms with Crippen LogP contribution < -0.4 is 5.32 Å². The molecule has 8 heteroatoms. The first-order chi connectivity index (χ1) is 9.67. The van der Waals surface area contributed by atoms with E-state index in [1.54, 1.807) is 18.2 Å². The first-order valence-corrected chi connectivity index (χ1v) is 9.90. The third kappa shape index (κ3) is 4.37. The van der Waals surface area contributed by atoms with Gasteiger partial charge in [-0.05, 0) is 17.7 Å². The Morgan fingerprint density at radius 1 is 1.33 bits per heavy atom. The lowest BCUT2D eigenvalue weighted by molar-refractivity contribution is 0.173. The molecule has 0 fully saturated rings. The first kappa shape index (κ1) is 16.2. The van der Waals surface area contributed by atoms with Crippen molar-refractivity contribution in [2.24, 2.45) is 0 Å². The van der Waals surface area contributed by atoms with Gasteiger partial charge in [0.1, 0.15) is 0 Å². The summed E-state index contributed by atoms with van der Waals surface area (Å²) in [6.45, 7) is 0.183. The molecule has 0 radical (unpaired) electrons. The molecule has 2 rings (SSSR count). The Kier molecular flexibility index (Phi) is 4.52. The molecule has 1 heterocycles. The second-order valence-electron chi connectivity index (χ2n) is 5.03. The summed E-state index contributed by atoms with van der Waals surface area (Å²) in [5.41, 5.74) is 0.569. The summed E-state index contributed by atoms with van der Waals surface area (Å²) < 4.78 is 45.2. The molecular weight excluding hydrogens is 314 g/mol. The fourth-order valence-corrected chi connectivity index (χ4v) is 3.92. The molecule has 6 nitrogen and oxygen atoms in total. The zero-order chi connectivity index (χ0) is 15.7. The van der Waals surface area contributed by atoms with E-state index in [0.29, 0.717) is 5.56 Å². The molecule has 0 saturated carbocycles. The molecule has 0 spiro atoms. The van der Waals surface area contributed by atoms with Crippen molar-refractivity contribution in [1.82, 2.24) is 5.32 Å². The van der Waals surface area contributed by atoms with Gasteiger partial charge in [0, 0.05) is 24.3 Å². The minimum Gasteiger partial charge on any atom is -0.387 e. The highest BCUT2D eigenvalue weighted by Crippen LogP contribution is 2.17. The summed E-state index contributed by atoms with van der Waals surface area (Å²) in [7, 11) is -6.38. The van der Waals surface area contributed by atoms with E-state index in [-0.39, 0.29) is 23.2 Å². The molecule has 0 aromatic heterocycles. The van der Waals surface area contributed by atoms with Crippen molar-refractivity contribution in [2.75, 3.05) is 18.6 Å². The van der Waals surface area contributed by atoms with Gasteiger partial charge < -0.3 is 10.4 Å². The van der Waals surface area contributed by atoms with Crippen LogP contribution in [0.5, 0.6) is 0 Å². The van der Waals surface area contributed by atoms with Crippen molar-refractivity contribution in [2.45, 2.75) is 17.0 Å². The van der Waals surface area contributed by atoms with Crippen LogP contribution in [0.3, 0.4) is 0 Å². The predicted molar refractivity (Wildman–Crippen MR) is 79.2 cm³/mol. The average Bonchev–Trinajstić information content (AvgIpc) is 2.75. The highest BCUT2D eigenvalue weighted by Gasteiger charge is 2.22. The summed E-state index contributed by atoms with van der Waals surface area (Å²) in [5, 5.41) is 14.1. The van der Waals surface area contributed by atoms with E-state index in [0.717, 1.165) is 11.7 Å². The van der Waals surface area contributed by atoms with Gasteiger partial charge in [-0.25, -0.2) is 16.8 Å². The number of hydrogen-bond acceptors (Lipinski definition) is 6. The average molecular weight is 331 g/mol. The third-order valence-electron chi connectivity index (χ3n) is 3.20. The van der Waals surface area contributed by atoms with Gasteiger partial charge in [0.05, 0.1) is 16.8 Å². The standard InChI is InChI=1S/C13H17NO5S2/c1-20(16,17)12-4-2-10(3-5-12)13(15)8-14-11-6-7-21(18,19)9-11/h2-7,11,13-15H,8-9H2,1H3. The second kappa shape index (κ2) is 5.88. The van der Waals surface area contributed by atoms with Gasteiger partial charge in [-0.15, -0.1) is 0 Å². The SMILES string of the molecule is CS(=O)(=O)c1ccc(C(O)CNC2C=CS(=O)(=O)C2)cc1. The highest BCUT2D eigenvalue weighted by molar-refractivity contribution is 7.94. The molecule has 2 N–H and O–H groups in total. The monoisotopic (exact) mass is 331 g/mol. The molecule has 1 aliphatic rings. The Morgan fingerprint density at radius 2 is 1.95 bits per heavy atom. The number of nitrogens with one attached hydrogen (secondary N) is 1. The lowest BCUT2D eigenvalue weighted by Gasteiger charge is -2.15. The van der Waals surface area contributed by atoms with E-state index >= 15 is 0 Å². The van der Waals surface area contributed by atoms with Crippen molar-refractivity contribution in [3.8, 4) is 0 Å². The normalized spacial score (nSPS) is 22.3. The second-order valence-corrected chi connectivity index (χ2v) is 8.98. The smallest absolute Gasteiger partial charge is 0.175 e. The van der Waals surface area contributed by atoms with Crippen LogP contribution in [-0.4, -0.2) is 46.5 Å². The van der Waals surface area contributed by atoms with Gasteiger partial charge >= 0.3 is 0 Å². The molecule has 2 atom stereocenters. The van der Waals surface area contributed by atoms with Gasteiger partial charge in [0.15, 0.2) is 19.7 Å². The summed E-state index contributed by atoms with van der Waals surface area (Å²) >= 11 is 0. The molecule has 0 saturated heterocycles. The molecular formula is C13H17NO5S2. The van der Waals surface area contributed by atoms with E-state index in [2.05, 4.69) is 5.32 Å². The fourth-order valence-electron chi connectivity index (χ4n) is 2.02. The topological polar surface area (TPSA) is 101 Å². The first-order valence-electron chi connectivity index (χ1n) is 6.30. The Labute approximate surface area is 124 Å². The molecule has 1 aromatic rings. The van der Waals surface area contributed by atoms with Crippen molar-refractivity contribution in [1.29, 1.82) is 0 Å². The third-order valence-corrected chi connectivity index (χ3v) is 5.72. The van der Waals surface area contributed by atoms with E-state index in [9.17, 15) is 21.9 Å².